The third-order valence-corrected chi connectivity index (χ3v) is 11.4. The molecule has 48 heavy (non-hydrogen) atoms. The Labute approximate surface area is 282 Å². The summed E-state index contributed by atoms with van der Waals surface area (Å²) in [7, 11) is 1.64. The number of benzene rings is 3. The molecular formula is C39H45N3O6. The van der Waals surface area contributed by atoms with E-state index >= 15 is 4.79 Å². The van der Waals surface area contributed by atoms with Crippen LogP contribution in [0.3, 0.4) is 0 Å². The number of likely N-dealkylation sites (tertiary alicyclic amines) is 1. The van der Waals surface area contributed by atoms with Crippen LogP contribution in [0.4, 0.5) is 11.4 Å². The summed E-state index contributed by atoms with van der Waals surface area (Å²) < 4.78 is 12.6. The van der Waals surface area contributed by atoms with Crippen molar-refractivity contribution in [3.63, 3.8) is 0 Å². The van der Waals surface area contributed by atoms with Crippen LogP contribution in [-0.4, -0.2) is 66.7 Å². The van der Waals surface area contributed by atoms with Crippen LogP contribution in [0.15, 0.2) is 72.8 Å². The molecule has 252 valence electrons. The summed E-state index contributed by atoms with van der Waals surface area (Å²) in [5.74, 6) is 0.00800. The molecular weight excluding hydrogens is 606 g/mol. The predicted octanol–water partition coefficient (Wildman–Crippen LogP) is 5.18. The highest BCUT2D eigenvalue weighted by Gasteiger charge is 2.66. The number of ether oxygens (including phenoxy) is 2. The lowest BCUT2D eigenvalue weighted by Gasteiger charge is -2.39. The van der Waals surface area contributed by atoms with Crippen molar-refractivity contribution in [3.05, 3.63) is 89.5 Å². The molecule has 3 aromatic rings. The van der Waals surface area contributed by atoms with Crippen molar-refractivity contribution < 1.29 is 29.0 Å². The van der Waals surface area contributed by atoms with E-state index in [1.807, 2.05) is 65.6 Å². The average Bonchev–Trinajstić information content (AvgIpc) is 3.75. The topological polar surface area (TPSA) is 99.6 Å². The lowest BCUT2D eigenvalue weighted by atomic mass is 9.63. The van der Waals surface area contributed by atoms with Gasteiger partial charge in [-0.1, -0.05) is 63.2 Å². The summed E-state index contributed by atoms with van der Waals surface area (Å²) in [5.41, 5.74) is 2.43. The Hall–Kier alpha value is -4.21. The molecule has 3 aromatic carbocycles. The van der Waals surface area contributed by atoms with Crippen LogP contribution in [0.5, 0.6) is 5.75 Å². The first kappa shape index (κ1) is 32.3. The molecule has 4 heterocycles. The zero-order valence-electron chi connectivity index (χ0n) is 28.2. The van der Waals surface area contributed by atoms with Crippen molar-refractivity contribution in [1.29, 1.82) is 0 Å². The van der Waals surface area contributed by atoms with E-state index in [0.717, 1.165) is 46.7 Å². The molecule has 4 aliphatic heterocycles. The number of hydrogen-bond donors (Lipinski definition) is 1. The minimum Gasteiger partial charge on any atom is -0.497 e. The molecule has 3 fully saturated rings. The number of aliphatic hydroxyl groups excluding tert-OH is 1. The van der Waals surface area contributed by atoms with Gasteiger partial charge in [0.2, 0.25) is 11.8 Å². The minimum absolute atomic E-state index is 0.0564. The van der Waals surface area contributed by atoms with Gasteiger partial charge in [0.1, 0.15) is 5.75 Å². The molecule has 0 aromatic heterocycles. The van der Waals surface area contributed by atoms with E-state index in [1.165, 1.54) is 0 Å². The lowest BCUT2D eigenvalue weighted by Crippen LogP contribution is -2.46. The van der Waals surface area contributed by atoms with Gasteiger partial charge in [0.25, 0.3) is 5.91 Å². The molecule has 4 aliphatic rings. The van der Waals surface area contributed by atoms with E-state index in [4.69, 9.17) is 9.47 Å². The Morgan fingerprint density at radius 2 is 1.79 bits per heavy atom. The molecule has 1 N–H and O–H groups in total. The number of nitrogens with zero attached hydrogens (tertiary/aromatic N) is 3. The van der Waals surface area contributed by atoms with Crippen molar-refractivity contribution in [2.75, 3.05) is 36.6 Å². The maximum atomic E-state index is 15.1. The Balaban J connectivity index is 1.34. The van der Waals surface area contributed by atoms with Crippen LogP contribution < -0.4 is 14.5 Å². The summed E-state index contributed by atoms with van der Waals surface area (Å²) in [6.45, 7) is 7.95. The Morgan fingerprint density at radius 1 is 1.04 bits per heavy atom. The summed E-state index contributed by atoms with van der Waals surface area (Å²) >= 11 is 0. The molecule has 9 heteroatoms. The SMILES string of the molecule is COc1ccc(C(C)(C)[C@H]2[C@H](CC(=O)N3CCC[C@H]3CO)O[C@@]3(C(=O)N(Cc4ccccc4)c4ccc(N5CCC5=O)cc43)[C@@H]2C)cc1. The molecule has 0 saturated carbocycles. The van der Waals surface area contributed by atoms with Gasteiger partial charge in [0, 0.05) is 42.6 Å². The van der Waals surface area contributed by atoms with Crippen LogP contribution in [0.25, 0.3) is 0 Å². The molecule has 3 amide bonds. The van der Waals surface area contributed by atoms with Gasteiger partial charge in [0.15, 0.2) is 5.60 Å². The average molecular weight is 652 g/mol. The zero-order chi connectivity index (χ0) is 33.8. The van der Waals surface area contributed by atoms with Crippen LogP contribution in [0.2, 0.25) is 0 Å². The molecule has 0 radical (unpaired) electrons. The van der Waals surface area contributed by atoms with Crippen molar-refractivity contribution in [3.8, 4) is 5.75 Å². The third kappa shape index (κ3) is 5.10. The number of amides is 3. The normalized spacial score (nSPS) is 26.7. The second-order valence-electron chi connectivity index (χ2n) is 14.3. The number of β-lactam (4-membered cyclic amide) rings is 1. The minimum atomic E-state index is -1.37. The number of carbonyl (C=O) groups is 3. The van der Waals surface area contributed by atoms with Gasteiger partial charge in [-0.3, -0.25) is 14.4 Å². The number of hydrogen-bond acceptors (Lipinski definition) is 6. The van der Waals surface area contributed by atoms with E-state index in [0.29, 0.717) is 26.1 Å². The van der Waals surface area contributed by atoms with Gasteiger partial charge in [-0.25, -0.2) is 0 Å². The third-order valence-electron chi connectivity index (χ3n) is 11.4. The van der Waals surface area contributed by atoms with E-state index in [9.17, 15) is 14.7 Å². The number of carbonyl (C=O) groups excluding carboxylic acids is 3. The van der Waals surface area contributed by atoms with Crippen molar-refractivity contribution >= 4 is 29.1 Å². The zero-order valence-corrected chi connectivity index (χ0v) is 28.2. The fourth-order valence-corrected chi connectivity index (χ4v) is 8.82. The fraction of sp³-hybridized carbons (Fsp3) is 0.462. The number of anilines is 2. The number of rotatable bonds is 9. The Kier molecular flexibility index (Phi) is 8.32. The van der Waals surface area contributed by atoms with Crippen molar-refractivity contribution in [1.82, 2.24) is 4.90 Å². The molecule has 0 bridgehead atoms. The van der Waals surface area contributed by atoms with Gasteiger partial charge in [-0.05, 0) is 59.7 Å². The van der Waals surface area contributed by atoms with Crippen molar-refractivity contribution in [2.45, 2.75) is 76.2 Å². The van der Waals surface area contributed by atoms with Crippen LogP contribution in [0.1, 0.15) is 63.1 Å². The molecule has 1 spiro atoms. The standard InChI is InChI=1S/C39H45N3O6/c1-25-36(38(2,3)27-12-15-30(47-4)16-13-27)33(22-35(45)40-19-8-11-29(40)24-43)48-39(25)31-21-28(41-20-18-34(41)44)14-17-32(31)42(37(39)46)23-26-9-6-5-7-10-26/h5-7,9-10,12-17,21,25,29,33,36,43H,8,11,18-20,22-24H2,1-4H3/t25-,29+,33+,36-,39+/m1/s1. The van der Waals surface area contributed by atoms with E-state index in [1.54, 1.807) is 16.9 Å². The maximum absolute atomic E-state index is 15.1. The molecule has 7 rings (SSSR count). The second-order valence-corrected chi connectivity index (χ2v) is 14.3. The first-order chi connectivity index (χ1) is 23.1. The van der Waals surface area contributed by atoms with Gasteiger partial charge in [-0.15, -0.1) is 0 Å². The highest BCUT2D eigenvalue weighted by Crippen LogP contribution is 2.60. The molecule has 3 saturated heterocycles. The van der Waals surface area contributed by atoms with E-state index < -0.39 is 17.1 Å². The Bertz CT molecular complexity index is 1710. The number of aliphatic hydroxyl groups is 1. The predicted molar refractivity (Wildman–Crippen MR) is 183 cm³/mol. The lowest BCUT2D eigenvalue weighted by molar-refractivity contribution is -0.150. The van der Waals surface area contributed by atoms with Crippen LogP contribution in [-0.2, 0) is 36.7 Å². The monoisotopic (exact) mass is 651 g/mol. The van der Waals surface area contributed by atoms with Gasteiger partial charge < -0.3 is 29.3 Å². The maximum Gasteiger partial charge on any atom is 0.264 e. The van der Waals surface area contributed by atoms with Gasteiger partial charge in [0.05, 0.1) is 44.5 Å². The first-order valence-corrected chi connectivity index (χ1v) is 17.1. The largest absolute Gasteiger partial charge is 0.497 e. The molecule has 0 unspecified atom stereocenters. The van der Waals surface area contributed by atoms with Gasteiger partial charge in [-0.2, -0.15) is 0 Å². The molecule has 5 atom stereocenters. The van der Waals surface area contributed by atoms with E-state index in [2.05, 4.69) is 32.9 Å². The summed E-state index contributed by atoms with van der Waals surface area (Å²) in [5, 5.41) is 10.0. The number of fused-ring (bicyclic) bond motifs is 2. The van der Waals surface area contributed by atoms with Crippen molar-refractivity contribution in [2.24, 2.45) is 11.8 Å². The smallest absolute Gasteiger partial charge is 0.264 e. The first-order valence-electron chi connectivity index (χ1n) is 17.1. The highest BCUT2D eigenvalue weighted by atomic mass is 16.5. The quantitative estimate of drug-likeness (QED) is 0.321. The highest BCUT2D eigenvalue weighted by molar-refractivity contribution is 6.09. The Morgan fingerprint density at radius 3 is 2.44 bits per heavy atom. The van der Waals surface area contributed by atoms with Crippen LogP contribution >= 0.6 is 0 Å². The summed E-state index contributed by atoms with van der Waals surface area (Å²) in [4.78, 5) is 47.0. The summed E-state index contributed by atoms with van der Waals surface area (Å²) in [6, 6.07) is 23.5. The van der Waals surface area contributed by atoms with Crippen LogP contribution in [0, 0.1) is 11.8 Å². The molecule has 9 nitrogen and oxygen atoms in total. The fourth-order valence-electron chi connectivity index (χ4n) is 8.82. The molecule has 0 aliphatic carbocycles. The second kappa shape index (κ2) is 12.3. The summed E-state index contributed by atoms with van der Waals surface area (Å²) in [6.07, 6.45) is 1.63. The van der Waals surface area contributed by atoms with Gasteiger partial charge >= 0.3 is 0 Å². The van der Waals surface area contributed by atoms with E-state index in [-0.39, 0.29) is 48.6 Å². The number of methoxy groups -OCH3 is 1.